The van der Waals surface area contributed by atoms with Crippen molar-refractivity contribution >= 4 is 21.6 Å². The molecule has 1 aromatic heterocycles. The van der Waals surface area contributed by atoms with Gasteiger partial charge in [-0.05, 0) is 25.5 Å². The van der Waals surface area contributed by atoms with Gasteiger partial charge in [0.1, 0.15) is 0 Å². The van der Waals surface area contributed by atoms with Crippen LogP contribution in [0.4, 0.5) is 5.69 Å². The number of carbonyl (C=O) groups is 1. The number of hydrogen-bond donors (Lipinski definition) is 3. The van der Waals surface area contributed by atoms with E-state index >= 15 is 0 Å². The van der Waals surface area contributed by atoms with Crippen molar-refractivity contribution in [3.63, 3.8) is 0 Å². The van der Waals surface area contributed by atoms with E-state index in [-0.39, 0.29) is 23.9 Å². The second-order valence-electron chi connectivity index (χ2n) is 4.38. The largest absolute Gasteiger partial charge is 0.383 e. The maximum atomic E-state index is 12.2. The SMILES string of the molecule is CCCNc1cccnc1S(=O)(=O)NCCC(=O)NCC. The molecule has 1 amide bonds. The maximum Gasteiger partial charge on any atom is 0.260 e. The minimum absolute atomic E-state index is 0.0396. The fourth-order valence-electron chi connectivity index (χ4n) is 1.65. The van der Waals surface area contributed by atoms with Crippen LogP contribution in [-0.4, -0.2) is 38.9 Å². The summed E-state index contributed by atoms with van der Waals surface area (Å²) in [7, 11) is -3.74. The Morgan fingerprint density at radius 2 is 2.05 bits per heavy atom. The van der Waals surface area contributed by atoms with Gasteiger partial charge in [-0.2, -0.15) is 0 Å². The molecule has 0 spiro atoms. The summed E-state index contributed by atoms with van der Waals surface area (Å²) >= 11 is 0. The molecule has 1 rings (SSSR count). The molecule has 0 radical (unpaired) electrons. The van der Waals surface area contributed by atoms with Crippen LogP contribution in [0.5, 0.6) is 0 Å². The van der Waals surface area contributed by atoms with Crippen molar-refractivity contribution in [1.29, 1.82) is 0 Å². The minimum Gasteiger partial charge on any atom is -0.383 e. The highest BCUT2D eigenvalue weighted by Crippen LogP contribution is 2.17. The molecule has 21 heavy (non-hydrogen) atoms. The summed E-state index contributed by atoms with van der Waals surface area (Å²) in [5.74, 6) is -0.189. The van der Waals surface area contributed by atoms with Crippen LogP contribution in [0.1, 0.15) is 26.7 Å². The summed E-state index contributed by atoms with van der Waals surface area (Å²) in [6.07, 6.45) is 2.39. The van der Waals surface area contributed by atoms with Gasteiger partial charge in [0.05, 0.1) is 5.69 Å². The number of anilines is 1. The molecule has 0 aliphatic carbocycles. The van der Waals surface area contributed by atoms with Gasteiger partial charge in [0.2, 0.25) is 5.91 Å². The predicted octanol–water partition coefficient (Wildman–Crippen LogP) is 0.708. The number of rotatable bonds is 9. The number of nitrogens with one attached hydrogen (secondary N) is 3. The van der Waals surface area contributed by atoms with Crippen LogP contribution in [0, 0.1) is 0 Å². The van der Waals surface area contributed by atoms with Crippen LogP contribution in [-0.2, 0) is 14.8 Å². The molecular formula is C13H22N4O3S. The van der Waals surface area contributed by atoms with Crippen molar-refractivity contribution in [3.8, 4) is 0 Å². The maximum absolute atomic E-state index is 12.2. The lowest BCUT2D eigenvalue weighted by Crippen LogP contribution is -2.31. The summed E-state index contributed by atoms with van der Waals surface area (Å²) in [6.45, 7) is 5.02. The molecule has 0 aromatic carbocycles. The Kier molecular flexibility index (Phi) is 7.10. The van der Waals surface area contributed by atoms with Gasteiger partial charge in [-0.15, -0.1) is 0 Å². The van der Waals surface area contributed by atoms with E-state index < -0.39 is 10.0 Å². The Labute approximate surface area is 125 Å². The summed E-state index contributed by atoms with van der Waals surface area (Å²) in [4.78, 5) is 15.2. The van der Waals surface area contributed by atoms with Crippen LogP contribution in [0.2, 0.25) is 0 Å². The molecule has 118 valence electrons. The highest BCUT2D eigenvalue weighted by atomic mass is 32.2. The van der Waals surface area contributed by atoms with Crippen molar-refractivity contribution in [2.24, 2.45) is 0 Å². The second kappa shape index (κ2) is 8.58. The normalized spacial score (nSPS) is 11.1. The molecule has 0 aliphatic heterocycles. The smallest absolute Gasteiger partial charge is 0.260 e. The fourth-order valence-corrected chi connectivity index (χ4v) is 2.79. The van der Waals surface area contributed by atoms with E-state index in [0.29, 0.717) is 18.8 Å². The molecule has 7 nitrogen and oxygen atoms in total. The minimum atomic E-state index is -3.74. The predicted molar refractivity (Wildman–Crippen MR) is 81.5 cm³/mol. The average Bonchev–Trinajstić information content (AvgIpc) is 2.45. The van der Waals surface area contributed by atoms with E-state index in [1.54, 1.807) is 12.1 Å². The van der Waals surface area contributed by atoms with E-state index in [1.807, 2.05) is 13.8 Å². The Bertz CT molecular complexity index is 560. The molecule has 0 bridgehead atoms. The summed E-state index contributed by atoms with van der Waals surface area (Å²) in [6, 6.07) is 3.34. The van der Waals surface area contributed by atoms with Crippen LogP contribution in [0.3, 0.4) is 0 Å². The topological polar surface area (TPSA) is 100 Å². The molecule has 8 heteroatoms. The molecule has 0 atom stereocenters. The first-order valence-corrected chi connectivity index (χ1v) is 8.44. The fraction of sp³-hybridized carbons (Fsp3) is 0.538. The van der Waals surface area contributed by atoms with E-state index in [2.05, 4.69) is 20.3 Å². The van der Waals surface area contributed by atoms with Crippen LogP contribution >= 0.6 is 0 Å². The first-order valence-electron chi connectivity index (χ1n) is 6.96. The first-order chi connectivity index (χ1) is 10.0. The summed E-state index contributed by atoms with van der Waals surface area (Å²) in [5.41, 5.74) is 0.463. The molecular weight excluding hydrogens is 292 g/mol. The van der Waals surface area contributed by atoms with Gasteiger partial charge in [-0.25, -0.2) is 18.1 Å². The number of amides is 1. The zero-order valence-corrected chi connectivity index (χ0v) is 13.2. The van der Waals surface area contributed by atoms with Gasteiger partial charge in [0.25, 0.3) is 10.0 Å². The lowest BCUT2D eigenvalue weighted by molar-refractivity contribution is -0.120. The molecule has 0 unspecified atom stereocenters. The van der Waals surface area contributed by atoms with Gasteiger partial charge in [0.15, 0.2) is 5.03 Å². The molecule has 1 aromatic rings. The van der Waals surface area contributed by atoms with Crippen molar-refractivity contribution in [3.05, 3.63) is 18.3 Å². The number of hydrogen-bond acceptors (Lipinski definition) is 5. The Balaban J connectivity index is 2.71. The van der Waals surface area contributed by atoms with Gasteiger partial charge in [0, 0.05) is 32.3 Å². The number of nitrogens with zero attached hydrogens (tertiary/aromatic N) is 1. The van der Waals surface area contributed by atoms with Crippen LogP contribution in [0.25, 0.3) is 0 Å². The first kappa shape index (κ1) is 17.4. The molecule has 3 N–H and O–H groups in total. The van der Waals surface area contributed by atoms with Gasteiger partial charge >= 0.3 is 0 Å². The van der Waals surface area contributed by atoms with Crippen LogP contribution < -0.4 is 15.4 Å². The number of pyridine rings is 1. The molecule has 0 saturated heterocycles. The zero-order valence-electron chi connectivity index (χ0n) is 12.3. The van der Waals surface area contributed by atoms with E-state index in [4.69, 9.17) is 0 Å². The average molecular weight is 314 g/mol. The van der Waals surface area contributed by atoms with Gasteiger partial charge < -0.3 is 10.6 Å². The standard InChI is InChI=1S/C13H22N4O3S/c1-3-8-15-11-6-5-9-16-13(11)21(19,20)17-10-7-12(18)14-4-2/h5-6,9,15,17H,3-4,7-8,10H2,1-2H3,(H,14,18). The van der Waals surface area contributed by atoms with E-state index in [1.165, 1.54) is 6.20 Å². The highest BCUT2D eigenvalue weighted by molar-refractivity contribution is 7.89. The molecule has 0 saturated carbocycles. The third kappa shape index (κ3) is 5.68. The lowest BCUT2D eigenvalue weighted by Gasteiger charge is -2.11. The quantitative estimate of drug-likeness (QED) is 0.623. The van der Waals surface area contributed by atoms with E-state index in [0.717, 1.165) is 6.42 Å². The van der Waals surface area contributed by atoms with Crippen molar-refractivity contribution in [2.45, 2.75) is 31.7 Å². The third-order valence-corrected chi connectivity index (χ3v) is 4.03. The Hall–Kier alpha value is -1.67. The van der Waals surface area contributed by atoms with Crippen molar-refractivity contribution in [2.75, 3.05) is 25.0 Å². The monoisotopic (exact) mass is 314 g/mol. The number of sulfonamides is 1. The van der Waals surface area contributed by atoms with Crippen molar-refractivity contribution < 1.29 is 13.2 Å². The zero-order chi connectivity index (χ0) is 15.7. The number of carbonyl (C=O) groups excluding carboxylic acids is 1. The number of aromatic nitrogens is 1. The molecule has 0 fully saturated rings. The lowest BCUT2D eigenvalue weighted by atomic mass is 10.4. The van der Waals surface area contributed by atoms with Gasteiger partial charge in [-0.1, -0.05) is 6.92 Å². The Morgan fingerprint density at radius 3 is 2.71 bits per heavy atom. The Morgan fingerprint density at radius 1 is 1.29 bits per heavy atom. The summed E-state index contributed by atoms with van der Waals surface area (Å²) < 4.78 is 26.8. The van der Waals surface area contributed by atoms with Crippen molar-refractivity contribution in [1.82, 2.24) is 15.0 Å². The third-order valence-electron chi connectivity index (χ3n) is 2.61. The molecule has 0 aliphatic rings. The summed E-state index contributed by atoms with van der Waals surface area (Å²) in [5, 5.41) is 5.59. The van der Waals surface area contributed by atoms with E-state index in [9.17, 15) is 13.2 Å². The van der Waals surface area contributed by atoms with Gasteiger partial charge in [-0.3, -0.25) is 4.79 Å². The molecule has 1 heterocycles. The van der Waals surface area contributed by atoms with Crippen LogP contribution in [0.15, 0.2) is 23.4 Å². The highest BCUT2D eigenvalue weighted by Gasteiger charge is 2.19. The second-order valence-corrected chi connectivity index (χ2v) is 6.07.